The van der Waals surface area contributed by atoms with Gasteiger partial charge in [0.15, 0.2) is 6.10 Å². The van der Waals surface area contributed by atoms with E-state index in [2.05, 4.69) is 0 Å². The molecule has 0 radical (unpaired) electrons. The Labute approximate surface area is 153 Å². The summed E-state index contributed by atoms with van der Waals surface area (Å²) in [4.78, 5) is 25.5. The van der Waals surface area contributed by atoms with E-state index in [1.807, 2.05) is 38.1 Å². The van der Waals surface area contributed by atoms with Crippen molar-refractivity contribution in [2.45, 2.75) is 32.8 Å². The van der Waals surface area contributed by atoms with Crippen molar-refractivity contribution >= 4 is 17.9 Å². The van der Waals surface area contributed by atoms with Gasteiger partial charge in [-0.15, -0.1) is 0 Å². The van der Waals surface area contributed by atoms with Gasteiger partial charge in [0.2, 0.25) is 0 Å². The van der Waals surface area contributed by atoms with E-state index in [0.29, 0.717) is 43.0 Å². The Morgan fingerprint density at radius 1 is 1.23 bits per heavy atom. The second-order valence-electron chi connectivity index (χ2n) is 6.37. The normalized spacial score (nSPS) is 16.0. The van der Waals surface area contributed by atoms with Crippen molar-refractivity contribution in [2.75, 3.05) is 18.1 Å². The SMILES string of the molecule is CCC1Oc2ccc(C=O)cc2N(CCCOc2cccc(C)c2)C1=O. The molecule has 2 aromatic rings. The Bertz CT molecular complexity index is 802. The molecule has 2 aromatic carbocycles. The molecule has 136 valence electrons. The lowest BCUT2D eigenvalue weighted by atomic mass is 10.1. The molecule has 0 aromatic heterocycles. The molecule has 1 heterocycles. The van der Waals surface area contributed by atoms with Gasteiger partial charge in [0.1, 0.15) is 17.8 Å². The van der Waals surface area contributed by atoms with E-state index in [-0.39, 0.29) is 5.91 Å². The lowest BCUT2D eigenvalue weighted by molar-refractivity contribution is -0.126. The fraction of sp³-hybridized carbons (Fsp3) is 0.333. The summed E-state index contributed by atoms with van der Waals surface area (Å²) in [6.45, 7) is 4.96. The fourth-order valence-electron chi connectivity index (χ4n) is 3.02. The predicted octanol–water partition coefficient (Wildman–Crippen LogP) is 3.78. The van der Waals surface area contributed by atoms with Gasteiger partial charge in [0.25, 0.3) is 5.91 Å². The molecule has 1 atom stereocenters. The molecular formula is C21H23NO4. The summed E-state index contributed by atoms with van der Waals surface area (Å²) >= 11 is 0. The number of ether oxygens (including phenoxy) is 2. The van der Waals surface area contributed by atoms with Crippen molar-refractivity contribution in [3.8, 4) is 11.5 Å². The van der Waals surface area contributed by atoms with Crippen LogP contribution in [-0.2, 0) is 4.79 Å². The van der Waals surface area contributed by atoms with Gasteiger partial charge in [-0.05, 0) is 55.7 Å². The van der Waals surface area contributed by atoms with E-state index >= 15 is 0 Å². The van der Waals surface area contributed by atoms with Gasteiger partial charge in [0.05, 0.1) is 12.3 Å². The number of rotatable bonds is 7. The van der Waals surface area contributed by atoms with E-state index in [4.69, 9.17) is 9.47 Å². The molecule has 0 aliphatic carbocycles. The first-order valence-electron chi connectivity index (χ1n) is 8.89. The molecule has 0 saturated carbocycles. The monoisotopic (exact) mass is 353 g/mol. The third kappa shape index (κ3) is 3.87. The summed E-state index contributed by atoms with van der Waals surface area (Å²) in [5.41, 5.74) is 2.32. The maximum absolute atomic E-state index is 12.7. The number of benzene rings is 2. The largest absolute Gasteiger partial charge is 0.494 e. The number of carbonyl (C=O) groups is 2. The van der Waals surface area contributed by atoms with Gasteiger partial charge < -0.3 is 14.4 Å². The summed E-state index contributed by atoms with van der Waals surface area (Å²) < 4.78 is 11.5. The third-order valence-electron chi connectivity index (χ3n) is 4.38. The number of hydrogen-bond donors (Lipinski definition) is 0. The lowest BCUT2D eigenvalue weighted by Crippen LogP contribution is -2.46. The number of nitrogens with zero attached hydrogens (tertiary/aromatic N) is 1. The van der Waals surface area contributed by atoms with Crippen molar-refractivity contribution in [2.24, 2.45) is 0 Å². The summed E-state index contributed by atoms with van der Waals surface area (Å²) in [6, 6.07) is 13.0. The van der Waals surface area contributed by atoms with Crippen LogP contribution in [0.2, 0.25) is 0 Å². The smallest absolute Gasteiger partial charge is 0.268 e. The topological polar surface area (TPSA) is 55.8 Å². The van der Waals surface area contributed by atoms with Gasteiger partial charge in [0, 0.05) is 12.1 Å². The van der Waals surface area contributed by atoms with Crippen LogP contribution in [0.1, 0.15) is 35.7 Å². The van der Waals surface area contributed by atoms with Crippen LogP contribution >= 0.6 is 0 Å². The number of carbonyl (C=O) groups excluding carboxylic acids is 2. The summed E-state index contributed by atoms with van der Waals surface area (Å²) in [6.07, 6.45) is 1.57. The molecule has 5 nitrogen and oxygen atoms in total. The Morgan fingerprint density at radius 2 is 2.08 bits per heavy atom. The number of amides is 1. The molecule has 0 bridgehead atoms. The van der Waals surface area contributed by atoms with Crippen LogP contribution in [0.25, 0.3) is 0 Å². The van der Waals surface area contributed by atoms with Crippen molar-refractivity contribution in [1.82, 2.24) is 0 Å². The summed E-state index contributed by atoms with van der Waals surface area (Å²) in [5.74, 6) is 1.40. The van der Waals surface area contributed by atoms with Gasteiger partial charge in [-0.1, -0.05) is 19.1 Å². The maximum Gasteiger partial charge on any atom is 0.268 e. The number of aryl methyl sites for hydroxylation is 1. The first kappa shape index (κ1) is 18.0. The van der Waals surface area contributed by atoms with Crippen LogP contribution < -0.4 is 14.4 Å². The summed E-state index contributed by atoms with van der Waals surface area (Å²) in [5, 5.41) is 0. The minimum absolute atomic E-state index is 0.0707. The average Bonchev–Trinajstić information content (AvgIpc) is 2.66. The molecule has 0 fully saturated rings. The minimum atomic E-state index is -0.484. The van der Waals surface area contributed by atoms with E-state index in [1.54, 1.807) is 23.1 Å². The molecular weight excluding hydrogens is 330 g/mol. The maximum atomic E-state index is 12.7. The molecule has 0 saturated heterocycles. The highest BCUT2D eigenvalue weighted by molar-refractivity contribution is 6.00. The molecule has 1 unspecified atom stereocenters. The van der Waals surface area contributed by atoms with Crippen LogP contribution in [0.4, 0.5) is 5.69 Å². The standard InChI is InChI=1S/C21H23NO4/c1-3-19-21(24)22(18-13-16(14-23)8-9-20(18)26-19)10-5-11-25-17-7-4-6-15(2)12-17/h4,6-9,12-14,19H,3,5,10-11H2,1-2H3. The van der Waals surface area contributed by atoms with Crippen LogP contribution in [0.3, 0.4) is 0 Å². The Balaban J connectivity index is 1.69. The molecule has 26 heavy (non-hydrogen) atoms. The van der Waals surface area contributed by atoms with Crippen molar-refractivity contribution in [1.29, 1.82) is 0 Å². The van der Waals surface area contributed by atoms with E-state index < -0.39 is 6.10 Å². The second kappa shape index (κ2) is 8.04. The van der Waals surface area contributed by atoms with Crippen LogP contribution in [0, 0.1) is 6.92 Å². The zero-order valence-corrected chi connectivity index (χ0v) is 15.1. The quantitative estimate of drug-likeness (QED) is 0.561. The Hall–Kier alpha value is -2.82. The molecule has 0 N–H and O–H groups in total. The molecule has 1 aliphatic rings. The number of fused-ring (bicyclic) bond motifs is 1. The number of anilines is 1. The first-order chi connectivity index (χ1) is 12.6. The molecule has 5 heteroatoms. The third-order valence-corrected chi connectivity index (χ3v) is 4.38. The minimum Gasteiger partial charge on any atom is -0.494 e. The van der Waals surface area contributed by atoms with E-state index in [0.717, 1.165) is 17.6 Å². The highest BCUT2D eigenvalue weighted by Gasteiger charge is 2.33. The number of hydrogen-bond acceptors (Lipinski definition) is 4. The second-order valence-corrected chi connectivity index (χ2v) is 6.37. The van der Waals surface area contributed by atoms with Crippen LogP contribution in [0.15, 0.2) is 42.5 Å². The van der Waals surface area contributed by atoms with Crippen LogP contribution in [0.5, 0.6) is 11.5 Å². The first-order valence-corrected chi connectivity index (χ1v) is 8.89. The highest BCUT2D eigenvalue weighted by Crippen LogP contribution is 2.35. The van der Waals surface area contributed by atoms with E-state index in [9.17, 15) is 9.59 Å². The van der Waals surface area contributed by atoms with Crippen molar-refractivity contribution < 1.29 is 19.1 Å². The molecule has 3 rings (SSSR count). The Kier molecular flexibility index (Phi) is 5.56. The number of aldehydes is 1. The fourth-order valence-corrected chi connectivity index (χ4v) is 3.02. The molecule has 1 aliphatic heterocycles. The van der Waals surface area contributed by atoms with Gasteiger partial charge in [-0.2, -0.15) is 0 Å². The van der Waals surface area contributed by atoms with Crippen LogP contribution in [-0.4, -0.2) is 31.4 Å². The van der Waals surface area contributed by atoms with Gasteiger partial charge in [-0.25, -0.2) is 0 Å². The van der Waals surface area contributed by atoms with Gasteiger partial charge >= 0.3 is 0 Å². The predicted molar refractivity (Wildman–Crippen MR) is 100 cm³/mol. The summed E-state index contributed by atoms with van der Waals surface area (Å²) in [7, 11) is 0. The van der Waals surface area contributed by atoms with Crippen molar-refractivity contribution in [3.63, 3.8) is 0 Å². The molecule has 0 spiro atoms. The zero-order chi connectivity index (χ0) is 18.5. The van der Waals surface area contributed by atoms with Gasteiger partial charge in [-0.3, -0.25) is 9.59 Å². The lowest BCUT2D eigenvalue weighted by Gasteiger charge is -2.34. The Morgan fingerprint density at radius 3 is 2.81 bits per heavy atom. The molecule has 1 amide bonds. The average molecular weight is 353 g/mol. The van der Waals surface area contributed by atoms with Crippen molar-refractivity contribution in [3.05, 3.63) is 53.6 Å². The van der Waals surface area contributed by atoms with E-state index in [1.165, 1.54) is 0 Å². The highest BCUT2D eigenvalue weighted by atomic mass is 16.5. The zero-order valence-electron chi connectivity index (χ0n) is 15.1.